The number of halogens is 1. The maximum Gasteiger partial charge on any atom is 0.147 e. The Bertz CT molecular complexity index is 622. The molecule has 2 aromatic carbocycles. The van der Waals surface area contributed by atoms with Crippen LogP contribution in [0.15, 0.2) is 36.4 Å². The van der Waals surface area contributed by atoms with Crippen molar-refractivity contribution in [3.05, 3.63) is 58.9 Å². The number of aryl methyl sites for hydroxylation is 2. The van der Waals surface area contributed by atoms with Gasteiger partial charge in [0.05, 0.1) is 11.8 Å². The standard InChI is InChI=1S/C17H20FNO/c1-11-8-9-16(12(2)10-11)19(4)17-14(13(3)20)6-5-7-15(17)18/h5-10,13,20H,1-4H3/t13-/m0/s1. The van der Waals surface area contributed by atoms with Gasteiger partial charge in [-0.15, -0.1) is 0 Å². The predicted octanol–water partition coefficient (Wildman–Crippen LogP) is 4.26. The highest BCUT2D eigenvalue weighted by atomic mass is 19.1. The minimum Gasteiger partial charge on any atom is -0.389 e. The Kier molecular flexibility index (Phi) is 4.09. The number of benzene rings is 2. The van der Waals surface area contributed by atoms with Gasteiger partial charge < -0.3 is 10.0 Å². The summed E-state index contributed by atoms with van der Waals surface area (Å²) in [4.78, 5) is 1.80. The molecule has 0 fully saturated rings. The van der Waals surface area contributed by atoms with Crippen molar-refractivity contribution in [2.75, 3.05) is 11.9 Å². The van der Waals surface area contributed by atoms with Crippen molar-refractivity contribution in [3.63, 3.8) is 0 Å². The van der Waals surface area contributed by atoms with Gasteiger partial charge in [0.2, 0.25) is 0 Å². The molecule has 0 aliphatic rings. The lowest BCUT2D eigenvalue weighted by Crippen LogP contribution is -2.16. The van der Waals surface area contributed by atoms with E-state index < -0.39 is 6.10 Å². The molecule has 20 heavy (non-hydrogen) atoms. The quantitative estimate of drug-likeness (QED) is 0.903. The normalized spacial score (nSPS) is 12.3. The molecular weight excluding hydrogens is 253 g/mol. The fourth-order valence-corrected chi connectivity index (χ4v) is 2.53. The van der Waals surface area contributed by atoms with Gasteiger partial charge in [-0.1, -0.05) is 29.8 Å². The van der Waals surface area contributed by atoms with Gasteiger partial charge in [-0.05, 0) is 38.5 Å². The first-order valence-electron chi connectivity index (χ1n) is 6.69. The lowest BCUT2D eigenvalue weighted by atomic mass is 10.0. The van der Waals surface area contributed by atoms with Gasteiger partial charge in [0.15, 0.2) is 0 Å². The van der Waals surface area contributed by atoms with E-state index in [4.69, 9.17) is 0 Å². The molecule has 0 aliphatic heterocycles. The third-order valence-electron chi connectivity index (χ3n) is 3.52. The zero-order chi connectivity index (χ0) is 14.9. The van der Waals surface area contributed by atoms with E-state index in [1.807, 2.05) is 33.0 Å². The Morgan fingerprint density at radius 2 is 1.85 bits per heavy atom. The SMILES string of the molecule is Cc1ccc(N(C)c2c(F)cccc2[C@H](C)O)c(C)c1. The molecule has 0 heterocycles. The van der Waals surface area contributed by atoms with Gasteiger partial charge in [-0.2, -0.15) is 0 Å². The summed E-state index contributed by atoms with van der Waals surface area (Å²) in [7, 11) is 1.82. The minimum atomic E-state index is -0.714. The summed E-state index contributed by atoms with van der Waals surface area (Å²) >= 11 is 0. The van der Waals surface area contributed by atoms with E-state index in [0.29, 0.717) is 11.3 Å². The molecule has 1 N–H and O–H groups in total. The van der Waals surface area contributed by atoms with Crippen LogP contribution in [0.3, 0.4) is 0 Å². The van der Waals surface area contributed by atoms with Gasteiger partial charge >= 0.3 is 0 Å². The van der Waals surface area contributed by atoms with E-state index in [9.17, 15) is 9.50 Å². The number of aliphatic hydroxyl groups is 1. The first-order chi connectivity index (χ1) is 9.41. The summed E-state index contributed by atoms with van der Waals surface area (Å²) in [6, 6.07) is 10.8. The van der Waals surface area contributed by atoms with Crippen LogP contribution in [0.1, 0.15) is 29.7 Å². The molecule has 0 radical (unpaired) electrons. The first kappa shape index (κ1) is 14.5. The maximum absolute atomic E-state index is 14.2. The summed E-state index contributed by atoms with van der Waals surface area (Å²) < 4.78 is 14.2. The van der Waals surface area contributed by atoms with E-state index in [-0.39, 0.29) is 5.82 Å². The maximum atomic E-state index is 14.2. The number of hydrogen-bond donors (Lipinski definition) is 1. The smallest absolute Gasteiger partial charge is 0.147 e. The second-order valence-corrected chi connectivity index (χ2v) is 5.20. The Morgan fingerprint density at radius 1 is 1.15 bits per heavy atom. The van der Waals surface area contributed by atoms with Crippen molar-refractivity contribution < 1.29 is 9.50 Å². The highest BCUT2D eigenvalue weighted by Gasteiger charge is 2.18. The molecule has 0 saturated heterocycles. The molecule has 0 amide bonds. The number of nitrogens with zero attached hydrogens (tertiary/aromatic N) is 1. The topological polar surface area (TPSA) is 23.5 Å². The molecule has 1 atom stereocenters. The van der Waals surface area contributed by atoms with Crippen LogP contribution in [0.2, 0.25) is 0 Å². The van der Waals surface area contributed by atoms with E-state index in [2.05, 4.69) is 6.07 Å². The second-order valence-electron chi connectivity index (χ2n) is 5.20. The summed E-state index contributed by atoms with van der Waals surface area (Å²) in [6.45, 7) is 5.68. The molecule has 0 saturated carbocycles. The summed E-state index contributed by atoms with van der Waals surface area (Å²) in [5, 5.41) is 9.84. The van der Waals surface area contributed by atoms with Crippen LogP contribution in [0, 0.1) is 19.7 Å². The van der Waals surface area contributed by atoms with E-state index in [1.54, 1.807) is 24.0 Å². The van der Waals surface area contributed by atoms with Crippen LogP contribution in [-0.4, -0.2) is 12.2 Å². The van der Waals surface area contributed by atoms with Crippen molar-refractivity contribution in [2.24, 2.45) is 0 Å². The van der Waals surface area contributed by atoms with Gasteiger partial charge in [-0.3, -0.25) is 0 Å². The minimum absolute atomic E-state index is 0.328. The molecule has 2 rings (SSSR count). The van der Waals surface area contributed by atoms with Crippen LogP contribution in [0.4, 0.5) is 15.8 Å². The van der Waals surface area contributed by atoms with Crippen LogP contribution in [-0.2, 0) is 0 Å². The fourth-order valence-electron chi connectivity index (χ4n) is 2.53. The van der Waals surface area contributed by atoms with Gasteiger partial charge in [0, 0.05) is 18.3 Å². The van der Waals surface area contributed by atoms with Gasteiger partial charge in [0.1, 0.15) is 5.82 Å². The zero-order valence-electron chi connectivity index (χ0n) is 12.3. The second kappa shape index (κ2) is 5.63. The number of anilines is 2. The average molecular weight is 273 g/mol. The van der Waals surface area contributed by atoms with Crippen molar-refractivity contribution >= 4 is 11.4 Å². The number of aliphatic hydroxyl groups excluding tert-OH is 1. The molecule has 0 bridgehead atoms. The Morgan fingerprint density at radius 3 is 2.45 bits per heavy atom. The molecule has 0 aromatic heterocycles. The number of rotatable bonds is 3. The highest BCUT2D eigenvalue weighted by molar-refractivity contribution is 5.69. The summed E-state index contributed by atoms with van der Waals surface area (Å²) in [6.07, 6.45) is -0.714. The molecule has 0 unspecified atom stereocenters. The zero-order valence-corrected chi connectivity index (χ0v) is 12.3. The highest BCUT2D eigenvalue weighted by Crippen LogP contribution is 2.34. The average Bonchev–Trinajstić information content (AvgIpc) is 2.37. The first-order valence-corrected chi connectivity index (χ1v) is 6.69. The van der Waals surface area contributed by atoms with Gasteiger partial charge in [-0.25, -0.2) is 4.39 Å². The lowest BCUT2D eigenvalue weighted by molar-refractivity contribution is 0.199. The van der Waals surface area contributed by atoms with E-state index in [0.717, 1.165) is 11.3 Å². The third-order valence-corrected chi connectivity index (χ3v) is 3.52. The molecule has 3 heteroatoms. The van der Waals surface area contributed by atoms with Gasteiger partial charge in [0.25, 0.3) is 0 Å². The van der Waals surface area contributed by atoms with Crippen molar-refractivity contribution in [1.29, 1.82) is 0 Å². The monoisotopic (exact) mass is 273 g/mol. The van der Waals surface area contributed by atoms with Crippen molar-refractivity contribution in [3.8, 4) is 0 Å². The van der Waals surface area contributed by atoms with Crippen LogP contribution < -0.4 is 4.90 Å². The Hall–Kier alpha value is -1.87. The van der Waals surface area contributed by atoms with E-state index in [1.165, 1.54) is 11.6 Å². The molecule has 0 aliphatic carbocycles. The predicted molar refractivity (Wildman–Crippen MR) is 81.0 cm³/mol. The molecule has 2 aromatic rings. The van der Waals surface area contributed by atoms with Crippen molar-refractivity contribution in [2.45, 2.75) is 26.9 Å². The summed E-state index contributed by atoms with van der Waals surface area (Å²) in [5.41, 5.74) is 4.20. The number of hydrogen-bond acceptors (Lipinski definition) is 2. The molecular formula is C17H20FNO. The third kappa shape index (κ3) is 2.68. The lowest BCUT2D eigenvalue weighted by Gasteiger charge is -2.26. The molecule has 106 valence electrons. The molecule has 0 spiro atoms. The Labute approximate surface area is 119 Å². The van der Waals surface area contributed by atoms with Crippen LogP contribution >= 0.6 is 0 Å². The number of para-hydroxylation sites is 1. The fraction of sp³-hybridized carbons (Fsp3) is 0.294. The summed E-state index contributed by atoms with van der Waals surface area (Å²) in [5.74, 6) is -0.328. The van der Waals surface area contributed by atoms with Crippen LogP contribution in [0.5, 0.6) is 0 Å². The molecule has 2 nitrogen and oxygen atoms in total. The van der Waals surface area contributed by atoms with Crippen molar-refractivity contribution in [1.82, 2.24) is 0 Å². The Balaban J connectivity index is 2.56. The largest absolute Gasteiger partial charge is 0.389 e. The van der Waals surface area contributed by atoms with Crippen LogP contribution in [0.25, 0.3) is 0 Å². The van der Waals surface area contributed by atoms with E-state index >= 15 is 0 Å².